The Bertz CT molecular complexity index is 1050. The summed E-state index contributed by atoms with van der Waals surface area (Å²) in [4.78, 5) is 25.1. The minimum absolute atomic E-state index is 0.0396. The predicted molar refractivity (Wildman–Crippen MR) is 135 cm³/mol. The first-order valence-corrected chi connectivity index (χ1v) is 11.9. The Morgan fingerprint density at radius 2 is 1.82 bits per heavy atom. The molecule has 0 radical (unpaired) electrons. The van der Waals surface area contributed by atoms with E-state index in [9.17, 15) is 9.59 Å². The Morgan fingerprint density at radius 3 is 2.38 bits per heavy atom. The van der Waals surface area contributed by atoms with Gasteiger partial charge in [0.15, 0.2) is 18.5 Å². The number of carbonyl (C=O) groups is 2. The van der Waals surface area contributed by atoms with E-state index in [4.69, 9.17) is 25.2 Å². The Kier molecular flexibility index (Phi) is 9.75. The largest absolute Gasteiger partial charge is 0.480 e. The summed E-state index contributed by atoms with van der Waals surface area (Å²) in [5, 5.41) is 14.9. The molecule has 11 heteroatoms. The van der Waals surface area contributed by atoms with Crippen LogP contribution in [0.2, 0.25) is 0 Å². The molecule has 0 fully saturated rings. The Hall–Kier alpha value is -2.79. The number of oxime groups is 1. The first-order chi connectivity index (χ1) is 15.9. The van der Waals surface area contributed by atoms with Gasteiger partial charge in [-0.05, 0) is 80.0 Å². The van der Waals surface area contributed by atoms with Crippen molar-refractivity contribution in [3.05, 3.63) is 56.5 Å². The molecule has 0 aliphatic rings. The molecule has 34 heavy (non-hydrogen) atoms. The molecule has 1 atom stereocenters. The van der Waals surface area contributed by atoms with Gasteiger partial charge in [-0.15, -0.1) is 0 Å². The molecule has 0 amide bonds. The second-order valence-corrected chi connectivity index (χ2v) is 9.84. The molecule has 0 saturated heterocycles. The van der Waals surface area contributed by atoms with Gasteiger partial charge in [-0.25, -0.2) is 9.59 Å². The number of rotatable bonds is 9. The molecule has 184 valence electrons. The summed E-state index contributed by atoms with van der Waals surface area (Å²) in [5.41, 5.74) is 6.47. The maximum absolute atomic E-state index is 12.9. The number of amidine groups is 1. The minimum atomic E-state index is -0.975. The van der Waals surface area contributed by atoms with Crippen molar-refractivity contribution in [3.63, 3.8) is 0 Å². The number of benzene rings is 2. The average molecular weight is 601 g/mol. The van der Waals surface area contributed by atoms with Crippen molar-refractivity contribution < 1.29 is 29.0 Å². The summed E-state index contributed by atoms with van der Waals surface area (Å²) >= 11 is 6.88. The molecule has 4 N–H and O–H groups in total. The van der Waals surface area contributed by atoms with Gasteiger partial charge >= 0.3 is 11.9 Å². The molecular weight excluding hydrogens is 574 g/mol. The van der Waals surface area contributed by atoms with E-state index >= 15 is 0 Å². The quantitative estimate of drug-likeness (QED) is 0.124. The third kappa shape index (κ3) is 7.91. The van der Waals surface area contributed by atoms with E-state index in [1.165, 1.54) is 0 Å². The maximum Gasteiger partial charge on any atom is 0.344 e. The number of ether oxygens (including phenoxy) is 3. The summed E-state index contributed by atoms with van der Waals surface area (Å²) in [5.74, 6) is -0.849. The molecule has 2 aromatic carbocycles. The first kappa shape index (κ1) is 27.5. The molecule has 1 unspecified atom stereocenters. The molecule has 0 heterocycles. The van der Waals surface area contributed by atoms with Crippen LogP contribution >= 0.6 is 31.9 Å². The number of halogens is 2. The van der Waals surface area contributed by atoms with Gasteiger partial charge in [-0.3, -0.25) is 0 Å². The number of carbonyl (C=O) groups excluding carboxylic acids is 2. The van der Waals surface area contributed by atoms with Gasteiger partial charge in [0, 0.05) is 21.3 Å². The molecule has 2 aromatic rings. The molecule has 0 spiro atoms. The van der Waals surface area contributed by atoms with Gasteiger partial charge < -0.3 is 30.5 Å². The van der Waals surface area contributed by atoms with E-state index in [2.05, 4.69) is 42.3 Å². The fourth-order valence-corrected chi connectivity index (χ4v) is 4.27. The van der Waals surface area contributed by atoms with Crippen LogP contribution in [-0.4, -0.2) is 41.8 Å². The van der Waals surface area contributed by atoms with Crippen molar-refractivity contribution in [2.45, 2.75) is 39.3 Å². The molecular formula is C23H27Br2N3O6. The highest BCUT2D eigenvalue weighted by Crippen LogP contribution is 2.38. The molecule has 0 saturated carbocycles. The topological polar surface area (TPSA) is 132 Å². The third-order valence-corrected chi connectivity index (χ3v) is 5.27. The zero-order chi connectivity index (χ0) is 25.5. The summed E-state index contributed by atoms with van der Waals surface area (Å²) in [6, 6.07) is 9.09. The second kappa shape index (κ2) is 12.1. The van der Waals surface area contributed by atoms with E-state index in [1.54, 1.807) is 64.1 Å². The molecule has 0 aromatic heterocycles. The number of nitrogens with one attached hydrogen (secondary N) is 1. The second-order valence-electron chi connectivity index (χ2n) is 8.07. The molecule has 9 nitrogen and oxygen atoms in total. The van der Waals surface area contributed by atoms with Crippen molar-refractivity contribution in [1.82, 2.24) is 0 Å². The van der Waals surface area contributed by atoms with E-state index in [0.717, 1.165) is 0 Å². The fourth-order valence-electron chi connectivity index (χ4n) is 2.90. The van der Waals surface area contributed by atoms with Crippen molar-refractivity contribution in [1.29, 1.82) is 0 Å². The first-order valence-electron chi connectivity index (χ1n) is 10.3. The molecule has 0 aliphatic carbocycles. The number of esters is 2. The van der Waals surface area contributed by atoms with Gasteiger partial charge in [-0.2, -0.15) is 0 Å². The van der Waals surface area contributed by atoms with Crippen LogP contribution in [0.15, 0.2) is 50.5 Å². The number of anilines is 1. The monoisotopic (exact) mass is 599 g/mol. The lowest BCUT2D eigenvalue weighted by Crippen LogP contribution is -2.28. The van der Waals surface area contributed by atoms with Crippen LogP contribution in [0.25, 0.3) is 0 Å². The van der Waals surface area contributed by atoms with E-state index in [0.29, 0.717) is 25.8 Å². The lowest BCUT2D eigenvalue weighted by molar-refractivity contribution is -0.157. The summed E-state index contributed by atoms with van der Waals surface area (Å²) < 4.78 is 17.6. The number of hydrogen-bond donors (Lipinski definition) is 3. The highest BCUT2D eigenvalue weighted by atomic mass is 79.9. The zero-order valence-corrected chi connectivity index (χ0v) is 22.4. The van der Waals surface area contributed by atoms with Crippen molar-refractivity contribution in [2.75, 3.05) is 18.5 Å². The highest BCUT2D eigenvalue weighted by molar-refractivity contribution is 9.11. The van der Waals surface area contributed by atoms with Crippen LogP contribution in [0.4, 0.5) is 5.69 Å². The van der Waals surface area contributed by atoms with E-state index in [-0.39, 0.29) is 24.8 Å². The lowest BCUT2D eigenvalue weighted by Gasteiger charge is -2.23. The number of hydrogen-bond acceptors (Lipinski definition) is 8. The Labute approximate surface area is 214 Å². The minimum Gasteiger partial charge on any atom is -0.480 e. The predicted octanol–water partition coefficient (Wildman–Crippen LogP) is 4.74. The number of nitrogens with zero attached hydrogens (tertiary/aromatic N) is 1. The maximum atomic E-state index is 12.9. The summed E-state index contributed by atoms with van der Waals surface area (Å²) in [6.45, 7) is 6.81. The van der Waals surface area contributed by atoms with Crippen LogP contribution < -0.4 is 15.8 Å². The highest BCUT2D eigenvalue weighted by Gasteiger charge is 2.28. The fraction of sp³-hybridized carbons (Fsp3) is 0.348. The zero-order valence-electron chi connectivity index (χ0n) is 19.2. The third-order valence-electron chi connectivity index (χ3n) is 4.22. The van der Waals surface area contributed by atoms with Crippen LogP contribution in [0.3, 0.4) is 0 Å². The van der Waals surface area contributed by atoms with Crippen LogP contribution in [0.1, 0.15) is 44.9 Å². The van der Waals surface area contributed by atoms with E-state index < -0.39 is 23.6 Å². The average Bonchev–Trinajstić information content (AvgIpc) is 2.75. The SMILES string of the molecule is CCOC(=O)C(Nc1ccc(/C(N)=N/O)cc1)c1cc(Br)cc(Br)c1OCC(=O)OC(C)(C)C. The van der Waals surface area contributed by atoms with Gasteiger partial charge in [-0.1, -0.05) is 21.1 Å². The van der Waals surface area contributed by atoms with Crippen molar-refractivity contribution in [3.8, 4) is 5.75 Å². The smallest absolute Gasteiger partial charge is 0.344 e. The Morgan fingerprint density at radius 1 is 1.18 bits per heavy atom. The molecule has 0 bridgehead atoms. The standard InChI is InChI=1S/C23H27Br2N3O6/c1-5-32-22(30)19(27-15-8-6-13(7-9-15)21(26)28-31)16-10-14(24)11-17(25)20(16)33-12-18(29)34-23(2,3)4/h6-11,19,27,31H,5,12H2,1-4H3,(H2,26,28). The summed E-state index contributed by atoms with van der Waals surface area (Å²) in [7, 11) is 0. The van der Waals surface area contributed by atoms with Gasteiger partial charge in [0.1, 0.15) is 11.4 Å². The lowest BCUT2D eigenvalue weighted by atomic mass is 10.0. The van der Waals surface area contributed by atoms with Crippen molar-refractivity contribution >= 4 is 55.3 Å². The van der Waals surface area contributed by atoms with Gasteiger partial charge in [0.2, 0.25) is 0 Å². The van der Waals surface area contributed by atoms with Crippen LogP contribution in [-0.2, 0) is 19.1 Å². The number of nitrogens with two attached hydrogens (primary N) is 1. The van der Waals surface area contributed by atoms with Crippen LogP contribution in [0, 0.1) is 0 Å². The normalized spacial score (nSPS) is 12.6. The van der Waals surface area contributed by atoms with E-state index in [1.807, 2.05) is 0 Å². The summed E-state index contributed by atoms with van der Waals surface area (Å²) in [6.07, 6.45) is 0. The molecule has 2 rings (SSSR count). The Balaban J connectivity index is 2.41. The van der Waals surface area contributed by atoms with Crippen molar-refractivity contribution in [2.24, 2.45) is 10.9 Å². The molecule has 0 aliphatic heterocycles. The van der Waals surface area contributed by atoms with Gasteiger partial charge in [0.25, 0.3) is 0 Å². The van der Waals surface area contributed by atoms with Gasteiger partial charge in [0.05, 0.1) is 11.1 Å². The van der Waals surface area contributed by atoms with Crippen LogP contribution in [0.5, 0.6) is 5.75 Å².